The van der Waals surface area contributed by atoms with E-state index in [0.717, 1.165) is 5.56 Å². The zero-order valence-corrected chi connectivity index (χ0v) is 16.8. The molecule has 1 aromatic heterocycles. The van der Waals surface area contributed by atoms with Crippen molar-refractivity contribution in [2.45, 2.75) is 13.5 Å². The maximum atomic E-state index is 14.4. The first-order valence-corrected chi connectivity index (χ1v) is 9.41. The van der Waals surface area contributed by atoms with Crippen LogP contribution in [0.1, 0.15) is 12.5 Å². The number of aliphatic imine (C=N–C) groups is 1. The van der Waals surface area contributed by atoms with E-state index in [2.05, 4.69) is 15.3 Å². The van der Waals surface area contributed by atoms with Crippen LogP contribution in [0.4, 0.5) is 4.39 Å². The van der Waals surface area contributed by atoms with Crippen molar-refractivity contribution in [3.05, 3.63) is 54.1 Å². The molecule has 0 radical (unpaired) electrons. The van der Waals surface area contributed by atoms with Crippen molar-refractivity contribution in [3.8, 4) is 11.5 Å². The van der Waals surface area contributed by atoms with Gasteiger partial charge in [0.25, 0.3) is 0 Å². The third kappa shape index (κ3) is 5.01. The molecule has 29 heavy (non-hydrogen) atoms. The number of nitrogens with zero attached hydrogens (tertiary/aromatic N) is 3. The fourth-order valence-electron chi connectivity index (χ4n) is 3.38. The number of benzene rings is 1. The molecule has 3 rings (SSSR count). The van der Waals surface area contributed by atoms with Crippen LogP contribution in [0.15, 0.2) is 47.7 Å². The Hall–Kier alpha value is -3.16. The van der Waals surface area contributed by atoms with Crippen molar-refractivity contribution in [2.24, 2.45) is 16.8 Å². The number of likely N-dealkylation sites (tertiary alicyclic amines) is 1. The molecule has 8 heteroatoms. The molecular weight excluding hydrogens is 375 g/mol. The molecule has 0 amide bonds. The summed E-state index contributed by atoms with van der Waals surface area (Å²) in [5.74, 6) is 0.605. The van der Waals surface area contributed by atoms with Gasteiger partial charge in [-0.15, -0.1) is 0 Å². The molecule has 7 nitrogen and oxygen atoms in total. The van der Waals surface area contributed by atoms with Crippen molar-refractivity contribution >= 4 is 11.9 Å². The highest BCUT2D eigenvalue weighted by Gasteiger charge is 2.36. The van der Waals surface area contributed by atoms with Crippen molar-refractivity contribution in [1.82, 2.24) is 15.2 Å². The Morgan fingerprint density at radius 3 is 2.86 bits per heavy atom. The second kappa shape index (κ2) is 9.36. The maximum absolute atomic E-state index is 14.4. The number of hydrogen-bond donors (Lipinski definition) is 1. The zero-order chi connectivity index (χ0) is 20.8. The zero-order valence-electron chi connectivity index (χ0n) is 16.8. The number of hydrogen-bond acceptors (Lipinski definition) is 5. The third-order valence-corrected chi connectivity index (χ3v) is 4.94. The normalized spacial score (nSPS) is 19.2. The highest BCUT2D eigenvalue weighted by molar-refractivity contribution is 5.82. The minimum Gasteiger partial charge on any atom is -0.469 e. The smallest absolute Gasteiger partial charge is 0.310 e. The Labute approximate surface area is 169 Å². The van der Waals surface area contributed by atoms with Gasteiger partial charge in [-0.1, -0.05) is 13.0 Å². The van der Waals surface area contributed by atoms with E-state index in [1.165, 1.54) is 19.4 Å². The van der Waals surface area contributed by atoms with Gasteiger partial charge >= 0.3 is 5.97 Å². The summed E-state index contributed by atoms with van der Waals surface area (Å²) in [5, 5.41) is 3.23. The Balaban J connectivity index is 1.60. The Kier molecular flexibility index (Phi) is 6.64. The number of carbonyl (C=O) groups excluding carboxylic acids is 1. The number of guanidine groups is 1. The Bertz CT molecular complexity index is 875. The molecular formula is C21H25FN4O3. The van der Waals surface area contributed by atoms with Crippen LogP contribution in [0.3, 0.4) is 0 Å². The number of rotatable bonds is 5. The molecule has 0 spiro atoms. The number of methoxy groups -OCH3 is 1. The van der Waals surface area contributed by atoms with Crippen LogP contribution >= 0.6 is 0 Å². The van der Waals surface area contributed by atoms with E-state index < -0.39 is 5.82 Å². The molecule has 1 saturated heterocycles. The lowest BCUT2D eigenvalue weighted by Crippen LogP contribution is -2.40. The van der Waals surface area contributed by atoms with E-state index in [9.17, 15) is 9.18 Å². The molecule has 1 aliphatic heterocycles. The summed E-state index contributed by atoms with van der Waals surface area (Å²) in [6.07, 6.45) is 3.15. The molecule has 0 saturated carbocycles. The van der Waals surface area contributed by atoms with Crippen LogP contribution in [0.5, 0.6) is 11.5 Å². The number of nitrogens with one attached hydrogen (secondary N) is 1. The van der Waals surface area contributed by atoms with E-state index in [0.29, 0.717) is 31.3 Å². The lowest BCUT2D eigenvalue weighted by Gasteiger charge is -2.21. The molecule has 2 atom stereocenters. The van der Waals surface area contributed by atoms with Gasteiger partial charge in [0, 0.05) is 32.9 Å². The van der Waals surface area contributed by atoms with Gasteiger partial charge < -0.3 is 19.7 Å². The summed E-state index contributed by atoms with van der Waals surface area (Å²) in [6, 6.07) is 8.24. The number of aromatic nitrogens is 1. The predicted octanol–water partition coefficient (Wildman–Crippen LogP) is 2.83. The van der Waals surface area contributed by atoms with Gasteiger partial charge in [0.05, 0.1) is 19.2 Å². The fraction of sp³-hybridized carbons (Fsp3) is 0.381. The monoisotopic (exact) mass is 400 g/mol. The average molecular weight is 400 g/mol. The van der Waals surface area contributed by atoms with Gasteiger partial charge in [0.15, 0.2) is 17.5 Å². The number of carbonyl (C=O) groups is 1. The summed E-state index contributed by atoms with van der Waals surface area (Å²) in [4.78, 5) is 22.1. The summed E-state index contributed by atoms with van der Waals surface area (Å²) in [7, 11) is 3.09. The van der Waals surface area contributed by atoms with Crippen molar-refractivity contribution in [2.75, 3.05) is 27.2 Å². The number of esters is 1. The van der Waals surface area contributed by atoms with E-state index in [1.807, 2.05) is 11.8 Å². The number of halogens is 1. The highest BCUT2D eigenvalue weighted by Crippen LogP contribution is 2.25. The Morgan fingerprint density at radius 2 is 2.21 bits per heavy atom. The van der Waals surface area contributed by atoms with Crippen LogP contribution in [0, 0.1) is 17.7 Å². The molecule has 2 unspecified atom stereocenters. The van der Waals surface area contributed by atoms with E-state index in [1.54, 1.807) is 37.5 Å². The molecule has 1 N–H and O–H groups in total. The van der Waals surface area contributed by atoms with Crippen molar-refractivity contribution in [3.63, 3.8) is 0 Å². The fourth-order valence-corrected chi connectivity index (χ4v) is 3.38. The van der Waals surface area contributed by atoms with Gasteiger partial charge in [-0.3, -0.25) is 14.8 Å². The Morgan fingerprint density at radius 1 is 1.38 bits per heavy atom. The summed E-state index contributed by atoms with van der Waals surface area (Å²) >= 11 is 0. The molecule has 0 bridgehead atoms. The van der Waals surface area contributed by atoms with Crippen molar-refractivity contribution < 1.29 is 18.7 Å². The van der Waals surface area contributed by atoms with Gasteiger partial charge in [0.2, 0.25) is 0 Å². The first-order chi connectivity index (χ1) is 14.0. The van der Waals surface area contributed by atoms with E-state index in [-0.39, 0.29) is 23.6 Å². The maximum Gasteiger partial charge on any atom is 0.310 e. The second-order valence-corrected chi connectivity index (χ2v) is 6.97. The summed E-state index contributed by atoms with van der Waals surface area (Å²) in [6.45, 7) is 3.65. The van der Waals surface area contributed by atoms with Gasteiger partial charge in [-0.2, -0.15) is 0 Å². The second-order valence-electron chi connectivity index (χ2n) is 6.97. The van der Waals surface area contributed by atoms with Crippen molar-refractivity contribution in [1.29, 1.82) is 0 Å². The van der Waals surface area contributed by atoms with Crippen LogP contribution < -0.4 is 10.1 Å². The molecule has 0 aliphatic carbocycles. The standard InChI is InChI=1S/C21H25FN4O3/c1-14-12-26(13-17(14)20(27)28-3)21(23-2)25-10-15-6-7-19(18(22)9-15)29-16-5-4-8-24-11-16/h4-9,11,14,17H,10,12-13H2,1-3H3,(H,23,25). The first-order valence-electron chi connectivity index (χ1n) is 9.41. The average Bonchev–Trinajstić information content (AvgIpc) is 3.12. The summed E-state index contributed by atoms with van der Waals surface area (Å²) in [5.41, 5.74) is 0.749. The van der Waals surface area contributed by atoms with Crippen LogP contribution in [0.2, 0.25) is 0 Å². The number of ether oxygens (including phenoxy) is 2. The predicted molar refractivity (Wildman–Crippen MR) is 107 cm³/mol. The number of pyridine rings is 1. The highest BCUT2D eigenvalue weighted by atomic mass is 19.1. The molecule has 1 fully saturated rings. The lowest BCUT2D eigenvalue weighted by atomic mass is 9.99. The van der Waals surface area contributed by atoms with Gasteiger partial charge in [-0.25, -0.2) is 4.39 Å². The molecule has 2 aromatic rings. The van der Waals surface area contributed by atoms with Crippen LogP contribution in [-0.4, -0.2) is 49.1 Å². The topological polar surface area (TPSA) is 76.1 Å². The quantitative estimate of drug-likeness (QED) is 0.473. The SMILES string of the molecule is CN=C(NCc1ccc(Oc2cccnc2)c(F)c1)N1CC(C)C(C(=O)OC)C1. The lowest BCUT2D eigenvalue weighted by molar-refractivity contribution is -0.145. The molecule has 1 aliphatic rings. The minimum atomic E-state index is -0.455. The molecule has 2 heterocycles. The minimum absolute atomic E-state index is 0.139. The molecule has 1 aromatic carbocycles. The van der Waals surface area contributed by atoms with Gasteiger partial charge in [-0.05, 0) is 35.7 Å². The summed E-state index contributed by atoms with van der Waals surface area (Å²) < 4.78 is 24.8. The largest absolute Gasteiger partial charge is 0.469 e. The van der Waals surface area contributed by atoms with Crippen LogP contribution in [0.25, 0.3) is 0 Å². The van der Waals surface area contributed by atoms with Gasteiger partial charge in [0.1, 0.15) is 5.75 Å². The van der Waals surface area contributed by atoms with E-state index in [4.69, 9.17) is 9.47 Å². The molecule has 154 valence electrons. The first kappa shape index (κ1) is 20.6. The van der Waals surface area contributed by atoms with Crippen LogP contribution in [-0.2, 0) is 16.1 Å². The van der Waals surface area contributed by atoms with E-state index >= 15 is 0 Å². The third-order valence-electron chi connectivity index (χ3n) is 4.94.